The van der Waals surface area contributed by atoms with Crippen LogP contribution < -0.4 is 5.56 Å². The Morgan fingerprint density at radius 3 is 2.43 bits per heavy atom. The van der Waals surface area contributed by atoms with Crippen LogP contribution in [0.25, 0.3) is 0 Å². The van der Waals surface area contributed by atoms with E-state index in [4.69, 9.17) is 0 Å². The largest absolute Gasteiger partial charge is 0.306 e. The van der Waals surface area contributed by atoms with Crippen molar-refractivity contribution in [1.82, 2.24) is 9.78 Å². The van der Waals surface area contributed by atoms with Crippen LogP contribution in [0.2, 0.25) is 0 Å². The lowest BCUT2D eigenvalue weighted by Crippen LogP contribution is -2.22. The Kier molecular flexibility index (Phi) is 5.69. The van der Waals surface area contributed by atoms with Crippen molar-refractivity contribution in [2.45, 2.75) is 49.5 Å². The van der Waals surface area contributed by atoms with E-state index in [0.717, 1.165) is 25.7 Å². The second-order valence-electron chi connectivity index (χ2n) is 8.18. The summed E-state index contributed by atoms with van der Waals surface area (Å²) in [4.78, 5) is 26.1. The van der Waals surface area contributed by atoms with Crippen LogP contribution in [0.3, 0.4) is 0 Å². The molecule has 1 heterocycles. The Morgan fingerprint density at radius 1 is 1.23 bits per heavy atom. The lowest BCUT2D eigenvalue weighted by molar-refractivity contribution is 0.103. The fourth-order valence-corrected chi connectivity index (χ4v) is 5.83. The summed E-state index contributed by atoms with van der Waals surface area (Å²) in [5, 5.41) is 2.26. The van der Waals surface area contributed by atoms with Gasteiger partial charge in [0.05, 0.1) is 16.7 Å². The minimum absolute atomic E-state index is 0.00656. The van der Waals surface area contributed by atoms with Crippen LogP contribution in [-0.4, -0.2) is 33.1 Å². The van der Waals surface area contributed by atoms with E-state index in [9.17, 15) is 27.1 Å². The van der Waals surface area contributed by atoms with Crippen molar-refractivity contribution < 1.29 is 22.3 Å². The number of hydrogen-bond acceptors (Lipinski definition) is 4. The van der Waals surface area contributed by atoms with Crippen molar-refractivity contribution in [3.63, 3.8) is 0 Å². The van der Waals surface area contributed by atoms with Crippen LogP contribution in [0.5, 0.6) is 0 Å². The number of nitrogens with one attached hydrogen (secondary N) is 1. The van der Waals surface area contributed by atoms with E-state index < -0.39 is 38.8 Å². The minimum atomic E-state index is -2.19. The summed E-state index contributed by atoms with van der Waals surface area (Å²) in [7, 11) is 1.57. The molecule has 2 fully saturated rings. The summed E-state index contributed by atoms with van der Waals surface area (Å²) in [6, 6.07) is 3.12. The third-order valence-electron chi connectivity index (χ3n) is 5.97. The van der Waals surface area contributed by atoms with Gasteiger partial charge in [-0.25, -0.2) is 8.42 Å². The molecule has 2 aliphatic rings. The molecule has 10 heteroatoms. The predicted molar refractivity (Wildman–Crippen MR) is 113 cm³/mol. The molecule has 1 aromatic carbocycles. The molecule has 2 saturated carbocycles. The number of ketones is 1. The second-order valence-corrected chi connectivity index (χ2v) is 10.2. The van der Waals surface area contributed by atoms with Crippen LogP contribution in [-0.2, 0) is 35.0 Å². The average molecular weight is 453 g/mol. The van der Waals surface area contributed by atoms with Gasteiger partial charge in [0, 0.05) is 18.5 Å². The number of carbonyl (C=O) groups is 1. The van der Waals surface area contributed by atoms with E-state index in [0.29, 0.717) is 22.4 Å². The lowest BCUT2D eigenvalue weighted by Gasteiger charge is -2.21. The zero-order valence-electron chi connectivity index (χ0n) is 16.7. The van der Waals surface area contributed by atoms with Gasteiger partial charge >= 0.3 is 0 Å². The molecule has 0 radical (unpaired) electrons. The van der Waals surface area contributed by atoms with Crippen LogP contribution in [0, 0.1) is 12.8 Å². The number of nitrogens with zero attached hydrogens (tertiary/aromatic N) is 1. The highest BCUT2D eigenvalue weighted by Crippen LogP contribution is 2.47. The maximum absolute atomic E-state index is 13.4. The quantitative estimate of drug-likeness (QED) is 0.417. The SMILES string of the molecule is Cc1c(C(=O)c2c(C3CC3)[nH]n(C)c2=O)ccc(CS(=O)O)c1C(C1CC1)S(=O)O. The first-order valence-electron chi connectivity index (χ1n) is 9.83. The van der Waals surface area contributed by atoms with E-state index in [1.807, 2.05) is 0 Å². The van der Waals surface area contributed by atoms with Gasteiger partial charge in [0.25, 0.3) is 5.56 Å². The number of H-pyrrole nitrogens is 1. The van der Waals surface area contributed by atoms with Crippen molar-refractivity contribution in [2.75, 3.05) is 0 Å². The Hall–Kier alpha value is -1.88. The van der Waals surface area contributed by atoms with E-state index >= 15 is 0 Å². The number of aryl methyl sites for hydroxylation is 1. The smallest absolute Gasteiger partial charge is 0.277 e. The van der Waals surface area contributed by atoms with E-state index in [1.165, 1.54) is 4.68 Å². The summed E-state index contributed by atoms with van der Waals surface area (Å²) in [5.74, 6) is -0.456. The Morgan fingerprint density at radius 2 is 1.90 bits per heavy atom. The molecule has 4 rings (SSSR count). The molecule has 2 aliphatic carbocycles. The standard InChI is InChI=1S/C20H24N2O6S2/c1-10-14(18(23)16-17(11-3-4-11)21-22(2)20(16)24)8-7-13(9-29(25)26)15(10)19(30(27)28)12-5-6-12/h7-8,11-12,19,21H,3-6,9H2,1-2H3,(H,25,26)(H,27,28). The maximum Gasteiger partial charge on any atom is 0.277 e. The fraction of sp³-hybridized carbons (Fsp3) is 0.500. The first kappa shape index (κ1) is 21.4. The highest BCUT2D eigenvalue weighted by atomic mass is 32.2. The lowest BCUT2D eigenvalue weighted by atomic mass is 9.89. The Balaban J connectivity index is 1.87. The summed E-state index contributed by atoms with van der Waals surface area (Å²) < 4.78 is 44.3. The molecule has 2 aromatic rings. The molecule has 0 spiro atoms. The van der Waals surface area contributed by atoms with E-state index in [1.54, 1.807) is 26.1 Å². The van der Waals surface area contributed by atoms with Crippen molar-refractivity contribution in [2.24, 2.45) is 13.0 Å². The van der Waals surface area contributed by atoms with Crippen LogP contribution in [0.1, 0.15) is 75.2 Å². The van der Waals surface area contributed by atoms with Gasteiger partial charge in [-0.2, -0.15) is 0 Å². The molecule has 3 atom stereocenters. The molecular formula is C20H24N2O6S2. The fourth-order valence-electron chi connectivity index (χ4n) is 4.18. The molecule has 0 bridgehead atoms. The number of carbonyl (C=O) groups excluding carboxylic acids is 1. The first-order valence-corrected chi connectivity index (χ1v) is 12.3. The van der Waals surface area contributed by atoms with Crippen molar-refractivity contribution in [3.8, 4) is 0 Å². The van der Waals surface area contributed by atoms with Crippen LogP contribution in [0.4, 0.5) is 0 Å². The molecule has 1 aromatic heterocycles. The molecular weight excluding hydrogens is 428 g/mol. The Bertz CT molecular complexity index is 1130. The molecule has 0 saturated heterocycles. The van der Waals surface area contributed by atoms with Crippen LogP contribution >= 0.6 is 0 Å². The predicted octanol–water partition coefficient (Wildman–Crippen LogP) is 2.52. The van der Waals surface area contributed by atoms with Gasteiger partial charge < -0.3 is 9.11 Å². The third kappa shape index (κ3) is 3.89. The maximum atomic E-state index is 13.4. The van der Waals surface area contributed by atoms with E-state index in [-0.39, 0.29) is 28.7 Å². The van der Waals surface area contributed by atoms with Crippen LogP contribution in [0.15, 0.2) is 16.9 Å². The number of hydrogen-bond donors (Lipinski definition) is 3. The molecule has 3 unspecified atom stereocenters. The molecule has 30 heavy (non-hydrogen) atoms. The third-order valence-corrected chi connectivity index (χ3v) is 7.58. The van der Waals surface area contributed by atoms with Gasteiger partial charge in [0.15, 0.2) is 22.2 Å². The summed E-state index contributed by atoms with van der Waals surface area (Å²) in [6.45, 7) is 1.68. The molecule has 162 valence electrons. The Labute approximate surface area is 178 Å². The molecule has 3 N–H and O–H groups in total. The highest BCUT2D eigenvalue weighted by molar-refractivity contribution is 7.79. The monoisotopic (exact) mass is 452 g/mol. The van der Waals surface area contributed by atoms with Gasteiger partial charge in [-0.15, -0.1) is 0 Å². The molecule has 8 nitrogen and oxygen atoms in total. The normalized spacial score (nSPS) is 19.5. The van der Waals surface area contributed by atoms with Gasteiger partial charge in [-0.05, 0) is 55.2 Å². The number of rotatable bonds is 8. The molecule has 0 amide bonds. The van der Waals surface area contributed by atoms with Gasteiger partial charge in [-0.3, -0.25) is 19.4 Å². The zero-order chi connectivity index (χ0) is 21.7. The van der Waals surface area contributed by atoms with E-state index in [2.05, 4.69) is 5.10 Å². The first-order chi connectivity index (χ1) is 14.2. The minimum Gasteiger partial charge on any atom is -0.306 e. The molecule has 0 aliphatic heterocycles. The highest BCUT2D eigenvalue weighted by Gasteiger charge is 2.40. The summed E-state index contributed by atoms with van der Waals surface area (Å²) >= 11 is -4.33. The second kappa shape index (κ2) is 7.99. The summed E-state index contributed by atoms with van der Waals surface area (Å²) in [5.41, 5.74) is 2.09. The number of benzene rings is 1. The van der Waals surface area contributed by atoms with Gasteiger partial charge in [0.2, 0.25) is 5.78 Å². The number of aromatic nitrogens is 2. The number of aromatic amines is 1. The van der Waals surface area contributed by atoms with Crippen molar-refractivity contribution >= 4 is 27.9 Å². The van der Waals surface area contributed by atoms with Gasteiger partial charge in [0.1, 0.15) is 5.56 Å². The average Bonchev–Trinajstić information content (AvgIpc) is 3.57. The van der Waals surface area contributed by atoms with Crippen molar-refractivity contribution in [3.05, 3.63) is 56.0 Å². The van der Waals surface area contributed by atoms with Gasteiger partial charge in [-0.1, -0.05) is 12.1 Å². The van der Waals surface area contributed by atoms with Crippen molar-refractivity contribution in [1.29, 1.82) is 0 Å². The zero-order valence-corrected chi connectivity index (χ0v) is 18.3. The summed E-state index contributed by atoms with van der Waals surface area (Å²) in [6.07, 6.45) is 3.42. The topological polar surface area (TPSA) is 129 Å².